The van der Waals surface area contributed by atoms with E-state index in [1.807, 2.05) is 19.3 Å². The maximum absolute atomic E-state index is 12.9. The summed E-state index contributed by atoms with van der Waals surface area (Å²) >= 11 is 0. The van der Waals surface area contributed by atoms with Crippen LogP contribution in [-0.2, 0) is 11.8 Å². The van der Waals surface area contributed by atoms with Crippen LogP contribution in [0.1, 0.15) is 36.5 Å². The highest BCUT2D eigenvalue weighted by molar-refractivity contribution is 6.01. The topological polar surface area (TPSA) is 147 Å². The Morgan fingerprint density at radius 2 is 2.12 bits per heavy atom. The van der Waals surface area contributed by atoms with Crippen LogP contribution in [0.4, 0.5) is 5.69 Å². The molecule has 2 amide bonds. The lowest BCUT2D eigenvalue weighted by atomic mass is 10.0. The quantitative estimate of drug-likeness (QED) is 0.576. The monoisotopic (exact) mass is 447 g/mol. The summed E-state index contributed by atoms with van der Waals surface area (Å²) in [7, 11) is 1.83. The second-order valence-corrected chi connectivity index (χ2v) is 8.89. The third-order valence-corrected chi connectivity index (χ3v) is 6.69. The maximum Gasteiger partial charge on any atom is 0.252 e. The van der Waals surface area contributed by atoms with Crippen molar-refractivity contribution in [2.45, 2.75) is 32.2 Å². The summed E-state index contributed by atoms with van der Waals surface area (Å²) in [6.45, 7) is 3.08. The summed E-state index contributed by atoms with van der Waals surface area (Å²) < 4.78 is 3.27. The average molecular weight is 448 g/mol. The maximum atomic E-state index is 12.9. The Kier molecular flexibility index (Phi) is 4.81. The number of aromatic nitrogens is 5. The van der Waals surface area contributed by atoms with Crippen LogP contribution in [0.2, 0.25) is 0 Å². The molecule has 0 unspecified atom stereocenters. The lowest BCUT2D eigenvalue weighted by Crippen LogP contribution is -2.36. The highest BCUT2D eigenvalue weighted by Crippen LogP contribution is 2.47. The summed E-state index contributed by atoms with van der Waals surface area (Å²) in [5.74, 6) is -0.557. The molecule has 2 fully saturated rings. The SMILES string of the molecule is CC[C@@H]1CN(C(=O)C2(C#N)CC2)C[C@@H]1Nc1c(C(N)=O)cnn2cc(-c3ccn(C)n3)nc12. The number of hydrogen-bond donors (Lipinski definition) is 2. The first-order valence-electron chi connectivity index (χ1n) is 11.0. The van der Waals surface area contributed by atoms with Gasteiger partial charge in [0.1, 0.15) is 16.8 Å². The molecule has 0 spiro atoms. The molecule has 2 aliphatic rings. The standard InChI is InChI=1S/C22H25N9O2/c1-3-13-9-30(21(33)22(12-23)5-6-22)10-16(13)26-18-14(19(24)32)8-25-31-11-17(27-20(18)31)15-4-7-29(2)28-15/h4,7-8,11,13,16,26H,3,5-6,9-10H2,1-2H3,(H2,24,32)/t13-,16+/m1/s1. The van der Waals surface area contributed by atoms with Crippen LogP contribution in [0, 0.1) is 22.7 Å². The Morgan fingerprint density at radius 3 is 2.73 bits per heavy atom. The fraction of sp³-hybridized carbons (Fsp3) is 0.455. The van der Waals surface area contributed by atoms with Crippen LogP contribution >= 0.6 is 0 Å². The molecule has 1 aliphatic heterocycles. The van der Waals surface area contributed by atoms with Crippen molar-refractivity contribution in [3.05, 3.63) is 30.2 Å². The van der Waals surface area contributed by atoms with Crippen molar-refractivity contribution in [2.24, 2.45) is 24.1 Å². The van der Waals surface area contributed by atoms with Gasteiger partial charge in [-0.25, -0.2) is 9.50 Å². The zero-order valence-electron chi connectivity index (χ0n) is 18.5. The van der Waals surface area contributed by atoms with Crippen molar-refractivity contribution >= 4 is 23.1 Å². The zero-order chi connectivity index (χ0) is 23.3. The fourth-order valence-corrected chi connectivity index (χ4v) is 4.54. The van der Waals surface area contributed by atoms with Crippen molar-refractivity contribution in [1.29, 1.82) is 5.26 Å². The molecule has 0 radical (unpaired) electrons. The van der Waals surface area contributed by atoms with Crippen LogP contribution in [0.15, 0.2) is 24.7 Å². The molecule has 0 aromatic carbocycles. The number of likely N-dealkylation sites (tertiary alicyclic amines) is 1. The van der Waals surface area contributed by atoms with Crippen molar-refractivity contribution in [1.82, 2.24) is 29.3 Å². The van der Waals surface area contributed by atoms with E-state index < -0.39 is 11.3 Å². The minimum Gasteiger partial charge on any atom is -0.376 e. The number of carbonyl (C=O) groups is 2. The second-order valence-electron chi connectivity index (χ2n) is 8.89. The normalized spacial score (nSPS) is 21.2. The van der Waals surface area contributed by atoms with Gasteiger partial charge in [-0.3, -0.25) is 14.3 Å². The first-order valence-corrected chi connectivity index (χ1v) is 11.0. The van der Waals surface area contributed by atoms with Gasteiger partial charge >= 0.3 is 0 Å². The molecule has 11 heteroatoms. The van der Waals surface area contributed by atoms with Gasteiger partial charge in [0.25, 0.3) is 5.91 Å². The van der Waals surface area contributed by atoms with Gasteiger partial charge in [0.15, 0.2) is 5.65 Å². The van der Waals surface area contributed by atoms with Crippen LogP contribution < -0.4 is 11.1 Å². The molecule has 5 rings (SSSR count). The molecular weight excluding hydrogens is 422 g/mol. The van der Waals surface area contributed by atoms with Crippen molar-refractivity contribution in [2.75, 3.05) is 18.4 Å². The molecule has 2 atom stereocenters. The van der Waals surface area contributed by atoms with Gasteiger partial charge in [-0.1, -0.05) is 6.92 Å². The molecule has 1 saturated heterocycles. The van der Waals surface area contributed by atoms with E-state index in [2.05, 4.69) is 33.5 Å². The van der Waals surface area contributed by atoms with E-state index >= 15 is 0 Å². The Labute approximate surface area is 190 Å². The molecule has 3 N–H and O–H groups in total. The number of fused-ring (bicyclic) bond motifs is 1. The third-order valence-electron chi connectivity index (χ3n) is 6.69. The van der Waals surface area contributed by atoms with E-state index in [1.165, 1.54) is 6.20 Å². The number of nitrogens with zero attached hydrogens (tertiary/aromatic N) is 7. The Balaban J connectivity index is 1.49. The lowest BCUT2D eigenvalue weighted by Gasteiger charge is -2.21. The summed E-state index contributed by atoms with van der Waals surface area (Å²) in [6.07, 6.45) is 7.07. The van der Waals surface area contributed by atoms with Gasteiger partial charge in [-0.2, -0.15) is 15.5 Å². The summed E-state index contributed by atoms with van der Waals surface area (Å²) in [5, 5.41) is 21.6. The second kappa shape index (κ2) is 7.58. The number of amides is 2. The molecular formula is C22H25N9O2. The van der Waals surface area contributed by atoms with Gasteiger partial charge in [-0.15, -0.1) is 0 Å². The Hall–Kier alpha value is -3.94. The van der Waals surface area contributed by atoms with Gasteiger partial charge in [0, 0.05) is 32.4 Å². The zero-order valence-corrected chi connectivity index (χ0v) is 18.5. The molecule has 3 aromatic rings. The van der Waals surface area contributed by atoms with E-state index in [0.29, 0.717) is 48.7 Å². The number of nitrogens with two attached hydrogens (primary N) is 1. The van der Waals surface area contributed by atoms with Crippen LogP contribution in [0.3, 0.4) is 0 Å². The molecule has 11 nitrogen and oxygen atoms in total. The predicted octanol–water partition coefficient (Wildman–Crippen LogP) is 1.18. The first-order chi connectivity index (χ1) is 15.8. The van der Waals surface area contributed by atoms with Gasteiger partial charge < -0.3 is 16.0 Å². The van der Waals surface area contributed by atoms with Crippen molar-refractivity contribution in [3.8, 4) is 17.5 Å². The molecule has 0 bridgehead atoms. The Morgan fingerprint density at radius 1 is 1.33 bits per heavy atom. The Bertz CT molecular complexity index is 1300. The number of nitrogens with one attached hydrogen (secondary N) is 1. The van der Waals surface area contributed by atoms with Crippen LogP contribution in [-0.4, -0.2) is 60.2 Å². The van der Waals surface area contributed by atoms with Crippen molar-refractivity contribution < 1.29 is 9.59 Å². The third kappa shape index (κ3) is 3.47. The van der Waals surface area contributed by atoms with E-state index in [-0.39, 0.29) is 23.4 Å². The van der Waals surface area contributed by atoms with E-state index in [9.17, 15) is 14.9 Å². The molecule has 170 valence electrons. The molecule has 4 heterocycles. The molecule has 3 aromatic heterocycles. The highest BCUT2D eigenvalue weighted by Gasteiger charge is 2.54. The summed E-state index contributed by atoms with van der Waals surface area (Å²) in [6, 6.07) is 3.92. The first kappa shape index (κ1) is 20.9. The van der Waals surface area contributed by atoms with Gasteiger partial charge in [-0.05, 0) is 31.2 Å². The van der Waals surface area contributed by atoms with Crippen LogP contribution in [0.25, 0.3) is 17.0 Å². The highest BCUT2D eigenvalue weighted by atomic mass is 16.2. The number of carbonyl (C=O) groups excluding carboxylic acids is 2. The number of anilines is 1. The molecule has 1 saturated carbocycles. The number of imidazole rings is 1. The fourth-order valence-electron chi connectivity index (χ4n) is 4.54. The number of rotatable bonds is 6. The number of primary amides is 1. The van der Waals surface area contributed by atoms with Crippen molar-refractivity contribution in [3.63, 3.8) is 0 Å². The lowest BCUT2D eigenvalue weighted by molar-refractivity contribution is -0.134. The summed E-state index contributed by atoms with van der Waals surface area (Å²) in [4.78, 5) is 31.6. The average Bonchev–Trinajstić information content (AvgIpc) is 3.11. The van der Waals surface area contributed by atoms with Gasteiger partial charge in [0.2, 0.25) is 5.91 Å². The smallest absolute Gasteiger partial charge is 0.252 e. The minimum atomic E-state index is -0.851. The van der Waals surface area contributed by atoms with Gasteiger partial charge in [0.05, 0.1) is 29.7 Å². The predicted molar refractivity (Wildman–Crippen MR) is 119 cm³/mol. The minimum absolute atomic E-state index is 0.0963. The molecule has 1 aliphatic carbocycles. The van der Waals surface area contributed by atoms with E-state index in [0.717, 1.165) is 6.42 Å². The van der Waals surface area contributed by atoms with E-state index in [4.69, 9.17) is 5.73 Å². The number of aryl methyl sites for hydroxylation is 1. The number of hydrogen-bond acceptors (Lipinski definition) is 7. The number of nitriles is 1. The summed E-state index contributed by atoms with van der Waals surface area (Å²) in [5.41, 5.74) is 7.29. The van der Waals surface area contributed by atoms with Crippen LogP contribution in [0.5, 0.6) is 0 Å². The van der Waals surface area contributed by atoms with E-state index in [1.54, 1.807) is 20.3 Å². The largest absolute Gasteiger partial charge is 0.376 e. The molecule has 33 heavy (non-hydrogen) atoms.